The predicted octanol–water partition coefficient (Wildman–Crippen LogP) is 1.82. The highest BCUT2D eigenvalue weighted by atomic mass is 16.4. The summed E-state index contributed by atoms with van der Waals surface area (Å²) in [6.07, 6.45) is 2.00. The van der Waals surface area contributed by atoms with Crippen LogP contribution in [0.1, 0.15) is 12.0 Å². The van der Waals surface area contributed by atoms with Crippen LogP contribution in [0.2, 0.25) is 0 Å². The van der Waals surface area contributed by atoms with Gasteiger partial charge in [0.1, 0.15) is 0 Å². The smallest absolute Gasteiger partial charge is 0.305 e. The lowest BCUT2D eigenvalue weighted by molar-refractivity contribution is -0.137. The molecule has 0 bridgehead atoms. The Morgan fingerprint density at radius 1 is 1.53 bits per heavy atom. The SMILES string of the molecule is Cc1cccc2nn(CCC(=O)O)cc12. The maximum absolute atomic E-state index is 10.4. The van der Waals surface area contributed by atoms with Crippen LogP contribution in [0.15, 0.2) is 24.4 Å². The molecule has 1 aromatic heterocycles. The van der Waals surface area contributed by atoms with Crippen molar-refractivity contribution in [3.05, 3.63) is 30.0 Å². The third kappa shape index (κ3) is 1.98. The van der Waals surface area contributed by atoms with E-state index in [-0.39, 0.29) is 6.42 Å². The van der Waals surface area contributed by atoms with Gasteiger partial charge < -0.3 is 5.11 Å². The van der Waals surface area contributed by atoms with Crippen molar-refractivity contribution in [3.8, 4) is 0 Å². The van der Waals surface area contributed by atoms with Gasteiger partial charge in [-0.2, -0.15) is 5.10 Å². The van der Waals surface area contributed by atoms with Gasteiger partial charge in [-0.3, -0.25) is 9.48 Å². The van der Waals surface area contributed by atoms with Gasteiger partial charge >= 0.3 is 5.97 Å². The second kappa shape index (κ2) is 3.73. The molecule has 15 heavy (non-hydrogen) atoms. The lowest BCUT2D eigenvalue weighted by atomic mass is 10.1. The van der Waals surface area contributed by atoms with E-state index in [2.05, 4.69) is 5.10 Å². The highest BCUT2D eigenvalue weighted by molar-refractivity contribution is 5.81. The number of aliphatic carboxylic acids is 1. The first-order valence-corrected chi connectivity index (χ1v) is 4.81. The summed E-state index contributed by atoms with van der Waals surface area (Å²) in [5.41, 5.74) is 2.08. The van der Waals surface area contributed by atoms with Crippen LogP contribution in [0.25, 0.3) is 10.9 Å². The second-order valence-electron chi connectivity index (χ2n) is 3.54. The number of aryl methyl sites for hydroxylation is 2. The molecule has 4 nitrogen and oxygen atoms in total. The van der Waals surface area contributed by atoms with Crippen LogP contribution >= 0.6 is 0 Å². The van der Waals surface area contributed by atoms with E-state index in [0.29, 0.717) is 6.54 Å². The molecule has 0 radical (unpaired) electrons. The second-order valence-corrected chi connectivity index (χ2v) is 3.54. The molecule has 78 valence electrons. The van der Waals surface area contributed by atoms with Gasteiger partial charge in [0, 0.05) is 11.6 Å². The molecule has 0 atom stereocenters. The number of rotatable bonds is 3. The zero-order valence-corrected chi connectivity index (χ0v) is 8.47. The summed E-state index contributed by atoms with van der Waals surface area (Å²) < 4.78 is 1.69. The van der Waals surface area contributed by atoms with Crippen molar-refractivity contribution >= 4 is 16.9 Å². The van der Waals surface area contributed by atoms with Gasteiger partial charge in [-0.25, -0.2) is 0 Å². The van der Waals surface area contributed by atoms with Crippen LogP contribution in [0.4, 0.5) is 0 Å². The summed E-state index contributed by atoms with van der Waals surface area (Å²) in [5.74, 6) is -0.800. The molecule has 2 aromatic rings. The predicted molar refractivity (Wildman–Crippen MR) is 56.7 cm³/mol. The summed E-state index contributed by atoms with van der Waals surface area (Å²) in [6, 6.07) is 5.90. The molecule has 1 heterocycles. The number of hydrogen-bond acceptors (Lipinski definition) is 2. The molecular formula is C11H12N2O2. The summed E-state index contributed by atoms with van der Waals surface area (Å²) in [5, 5.41) is 13.9. The first kappa shape index (κ1) is 9.71. The molecule has 4 heteroatoms. The van der Waals surface area contributed by atoms with Gasteiger partial charge in [0.15, 0.2) is 0 Å². The van der Waals surface area contributed by atoms with Crippen LogP contribution in [0.5, 0.6) is 0 Å². The van der Waals surface area contributed by atoms with Crippen molar-refractivity contribution in [3.63, 3.8) is 0 Å². The number of aromatic nitrogens is 2. The molecule has 1 aromatic carbocycles. The van der Waals surface area contributed by atoms with Gasteiger partial charge in [0.25, 0.3) is 0 Å². The zero-order valence-electron chi connectivity index (χ0n) is 8.47. The number of fused-ring (bicyclic) bond motifs is 1. The van der Waals surface area contributed by atoms with E-state index in [0.717, 1.165) is 16.5 Å². The first-order chi connectivity index (χ1) is 7.16. The van der Waals surface area contributed by atoms with Gasteiger partial charge in [-0.05, 0) is 18.6 Å². The third-order valence-corrected chi connectivity index (χ3v) is 2.37. The average Bonchev–Trinajstić information content (AvgIpc) is 2.59. The standard InChI is InChI=1S/C11H12N2O2/c1-8-3-2-4-10-9(8)7-13(12-10)6-5-11(14)15/h2-4,7H,5-6H2,1H3,(H,14,15). The summed E-state index contributed by atoms with van der Waals surface area (Å²) in [7, 11) is 0. The third-order valence-electron chi connectivity index (χ3n) is 2.37. The van der Waals surface area contributed by atoms with E-state index < -0.39 is 5.97 Å². The summed E-state index contributed by atoms with van der Waals surface area (Å²) in [6.45, 7) is 2.44. The Hall–Kier alpha value is -1.84. The normalized spacial score (nSPS) is 10.7. The largest absolute Gasteiger partial charge is 0.481 e. The van der Waals surface area contributed by atoms with E-state index in [1.807, 2.05) is 31.3 Å². The van der Waals surface area contributed by atoms with Crippen molar-refractivity contribution in [1.29, 1.82) is 0 Å². The zero-order chi connectivity index (χ0) is 10.8. The van der Waals surface area contributed by atoms with Crippen LogP contribution in [0.3, 0.4) is 0 Å². The molecule has 0 unspecified atom stereocenters. The quantitative estimate of drug-likeness (QED) is 0.829. The lowest BCUT2D eigenvalue weighted by Gasteiger charge is -1.95. The summed E-state index contributed by atoms with van der Waals surface area (Å²) >= 11 is 0. The minimum Gasteiger partial charge on any atom is -0.481 e. The molecule has 0 aliphatic heterocycles. The van der Waals surface area contributed by atoms with Crippen molar-refractivity contribution in [2.45, 2.75) is 19.9 Å². The van der Waals surface area contributed by atoms with Crippen molar-refractivity contribution in [2.75, 3.05) is 0 Å². The molecule has 0 aliphatic carbocycles. The maximum atomic E-state index is 10.4. The van der Waals surface area contributed by atoms with E-state index >= 15 is 0 Å². The number of hydrogen-bond donors (Lipinski definition) is 1. The molecule has 0 spiro atoms. The molecule has 0 aliphatic rings. The maximum Gasteiger partial charge on any atom is 0.305 e. The molecule has 0 amide bonds. The molecule has 2 rings (SSSR count). The summed E-state index contributed by atoms with van der Waals surface area (Å²) in [4.78, 5) is 10.4. The fourth-order valence-corrected chi connectivity index (χ4v) is 1.56. The Bertz CT molecular complexity index is 502. The number of carbonyl (C=O) groups is 1. The minimum atomic E-state index is -0.800. The van der Waals surface area contributed by atoms with Gasteiger partial charge in [-0.15, -0.1) is 0 Å². The van der Waals surface area contributed by atoms with Gasteiger partial charge in [0.2, 0.25) is 0 Å². The Kier molecular flexibility index (Phi) is 2.41. The van der Waals surface area contributed by atoms with Crippen molar-refractivity contribution in [1.82, 2.24) is 9.78 Å². The van der Waals surface area contributed by atoms with Crippen molar-refractivity contribution in [2.24, 2.45) is 0 Å². The molecule has 0 saturated carbocycles. The van der Waals surface area contributed by atoms with Gasteiger partial charge in [0.05, 0.1) is 18.5 Å². The Labute approximate surface area is 87.1 Å². The molecule has 0 fully saturated rings. The van der Waals surface area contributed by atoms with Crippen LogP contribution < -0.4 is 0 Å². The Balaban J connectivity index is 2.31. The molecule has 0 saturated heterocycles. The number of carboxylic acid groups (broad SMARTS) is 1. The topological polar surface area (TPSA) is 55.1 Å². The number of carboxylic acids is 1. The number of benzene rings is 1. The van der Waals surface area contributed by atoms with E-state index in [9.17, 15) is 4.79 Å². The molecular weight excluding hydrogens is 192 g/mol. The highest BCUT2D eigenvalue weighted by Crippen LogP contribution is 2.16. The van der Waals surface area contributed by atoms with E-state index in [1.54, 1.807) is 4.68 Å². The van der Waals surface area contributed by atoms with Crippen LogP contribution in [-0.2, 0) is 11.3 Å². The van der Waals surface area contributed by atoms with E-state index in [4.69, 9.17) is 5.11 Å². The Morgan fingerprint density at radius 2 is 2.33 bits per heavy atom. The first-order valence-electron chi connectivity index (χ1n) is 4.81. The fraction of sp³-hybridized carbons (Fsp3) is 0.273. The fourth-order valence-electron chi connectivity index (χ4n) is 1.56. The minimum absolute atomic E-state index is 0.104. The lowest BCUT2D eigenvalue weighted by Crippen LogP contribution is -2.04. The number of nitrogens with zero attached hydrogens (tertiary/aromatic N) is 2. The van der Waals surface area contributed by atoms with Crippen molar-refractivity contribution < 1.29 is 9.90 Å². The van der Waals surface area contributed by atoms with Crippen LogP contribution in [0, 0.1) is 6.92 Å². The monoisotopic (exact) mass is 204 g/mol. The highest BCUT2D eigenvalue weighted by Gasteiger charge is 2.03. The average molecular weight is 204 g/mol. The Morgan fingerprint density at radius 3 is 3.00 bits per heavy atom. The van der Waals surface area contributed by atoms with E-state index in [1.165, 1.54) is 0 Å². The van der Waals surface area contributed by atoms with Gasteiger partial charge in [-0.1, -0.05) is 12.1 Å². The molecule has 1 N–H and O–H groups in total. The van der Waals surface area contributed by atoms with Crippen LogP contribution in [-0.4, -0.2) is 20.9 Å².